The maximum absolute atomic E-state index is 6.09. The lowest BCUT2D eigenvalue weighted by molar-refractivity contribution is 0.669. The highest BCUT2D eigenvalue weighted by Crippen LogP contribution is 2.40. The smallest absolute Gasteiger partial charge is 0.135 e. The first-order valence-electron chi connectivity index (χ1n) is 21.1. The van der Waals surface area contributed by atoms with Crippen molar-refractivity contribution in [2.24, 2.45) is 0 Å². The molecule has 2 nitrogen and oxygen atoms in total. The molecule has 2 heteroatoms. The number of hydrogen-bond donors (Lipinski definition) is 0. The number of fused-ring (bicyclic) bond motifs is 3. The fourth-order valence-electron chi connectivity index (χ4n) is 8.68. The van der Waals surface area contributed by atoms with Crippen molar-refractivity contribution in [3.8, 4) is 66.8 Å². The van der Waals surface area contributed by atoms with Crippen molar-refractivity contribution in [3.05, 3.63) is 249 Å². The van der Waals surface area contributed by atoms with Crippen molar-refractivity contribution in [3.63, 3.8) is 0 Å². The summed E-state index contributed by atoms with van der Waals surface area (Å²) in [6.07, 6.45) is 0. The van der Waals surface area contributed by atoms with E-state index >= 15 is 0 Å². The Hall–Kier alpha value is -8.20. The van der Waals surface area contributed by atoms with Gasteiger partial charge in [0.05, 0.1) is 0 Å². The molecule has 0 spiro atoms. The zero-order chi connectivity index (χ0) is 41.2. The van der Waals surface area contributed by atoms with Crippen molar-refractivity contribution in [2.45, 2.75) is 0 Å². The number of hydrogen-bond acceptors (Lipinski definition) is 2. The predicted octanol–water partition coefficient (Wildman–Crippen LogP) is 17.1. The lowest BCUT2D eigenvalue weighted by Crippen LogP contribution is -2.10. The molecule has 0 bridgehead atoms. The van der Waals surface area contributed by atoms with Gasteiger partial charge in [0.25, 0.3) is 0 Å². The van der Waals surface area contributed by atoms with Crippen LogP contribution in [0.25, 0.3) is 88.7 Å². The molecule has 0 aliphatic rings. The molecule has 0 saturated heterocycles. The summed E-state index contributed by atoms with van der Waals surface area (Å²) < 4.78 is 6.09. The van der Waals surface area contributed by atoms with Gasteiger partial charge in [-0.25, -0.2) is 0 Å². The standard InChI is InChI=1S/C60H41NO/c1-3-13-42(14-4-1)47-17-9-19-49(37-47)51-21-11-23-55(39-51)61(56-24-12-22-52(40-56)50-20-10-18-48(38-50)43-15-5-2-6-16-43)54-34-31-45(32-35-54)44-27-29-46(30-28-44)53-33-36-60-58(41-53)57-25-7-8-26-59(57)62-60/h1-41H. The van der Waals surface area contributed by atoms with E-state index in [4.69, 9.17) is 4.42 Å². The van der Waals surface area contributed by atoms with Gasteiger partial charge in [-0.15, -0.1) is 0 Å². The number of nitrogens with zero attached hydrogens (tertiary/aromatic N) is 1. The van der Waals surface area contributed by atoms with Gasteiger partial charge in [0, 0.05) is 27.8 Å². The third kappa shape index (κ3) is 7.25. The number of anilines is 3. The van der Waals surface area contributed by atoms with Crippen molar-refractivity contribution in [1.29, 1.82) is 0 Å². The predicted molar refractivity (Wildman–Crippen MR) is 261 cm³/mol. The Labute approximate surface area is 362 Å². The van der Waals surface area contributed by atoms with Crippen LogP contribution in [0.1, 0.15) is 0 Å². The number of furan rings is 1. The van der Waals surface area contributed by atoms with E-state index in [0.29, 0.717) is 0 Å². The maximum atomic E-state index is 6.09. The molecule has 0 atom stereocenters. The molecular formula is C60H41NO. The van der Waals surface area contributed by atoms with E-state index in [0.717, 1.165) is 55.7 Å². The molecule has 11 rings (SSSR count). The third-order valence-corrected chi connectivity index (χ3v) is 11.9. The summed E-state index contributed by atoms with van der Waals surface area (Å²) in [5, 5.41) is 2.28. The lowest BCUT2D eigenvalue weighted by Gasteiger charge is -2.27. The normalized spacial score (nSPS) is 11.2. The minimum absolute atomic E-state index is 0.911. The summed E-state index contributed by atoms with van der Waals surface area (Å²) in [7, 11) is 0. The Morgan fingerprint density at radius 3 is 1.11 bits per heavy atom. The van der Waals surface area contributed by atoms with Crippen LogP contribution < -0.4 is 4.90 Å². The summed E-state index contributed by atoms with van der Waals surface area (Å²) >= 11 is 0. The van der Waals surface area contributed by atoms with E-state index in [9.17, 15) is 0 Å². The van der Waals surface area contributed by atoms with E-state index in [2.05, 4.69) is 241 Å². The molecule has 11 aromatic rings. The van der Waals surface area contributed by atoms with E-state index in [1.807, 2.05) is 12.1 Å². The fraction of sp³-hybridized carbons (Fsp3) is 0. The third-order valence-electron chi connectivity index (χ3n) is 11.9. The van der Waals surface area contributed by atoms with Gasteiger partial charge >= 0.3 is 0 Å². The second-order valence-corrected chi connectivity index (χ2v) is 15.8. The van der Waals surface area contributed by atoms with Gasteiger partial charge in [0.15, 0.2) is 0 Å². The molecule has 0 amide bonds. The molecule has 0 aliphatic carbocycles. The summed E-state index contributed by atoms with van der Waals surface area (Å²) in [6.45, 7) is 0. The summed E-state index contributed by atoms with van der Waals surface area (Å²) in [5.41, 5.74) is 19.2. The summed E-state index contributed by atoms with van der Waals surface area (Å²) in [4.78, 5) is 2.37. The molecule has 0 radical (unpaired) electrons. The van der Waals surface area contributed by atoms with Crippen LogP contribution in [0.15, 0.2) is 253 Å². The van der Waals surface area contributed by atoms with E-state index in [-0.39, 0.29) is 0 Å². The van der Waals surface area contributed by atoms with Gasteiger partial charge in [-0.05, 0) is 133 Å². The molecule has 0 fully saturated rings. The molecule has 62 heavy (non-hydrogen) atoms. The largest absolute Gasteiger partial charge is 0.456 e. The highest BCUT2D eigenvalue weighted by atomic mass is 16.3. The molecule has 0 N–H and O–H groups in total. The minimum Gasteiger partial charge on any atom is -0.456 e. The van der Waals surface area contributed by atoms with Crippen molar-refractivity contribution < 1.29 is 4.42 Å². The molecular weight excluding hydrogens is 751 g/mol. The first-order valence-corrected chi connectivity index (χ1v) is 21.1. The quantitative estimate of drug-likeness (QED) is 0.145. The number of para-hydroxylation sites is 1. The lowest BCUT2D eigenvalue weighted by atomic mass is 9.97. The van der Waals surface area contributed by atoms with Crippen LogP contribution in [0.2, 0.25) is 0 Å². The second-order valence-electron chi connectivity index (χ2n) is 15.8. The fourth-order valence-corrected chi connectivity index (χ4v) is 8.68. The van der Waals surface area contributed by atoms with Crippen LogP contribution in [-0.4, -0.2) is 0 Å². The van der Waals surface area contributed by atoms with Gasteiger partial charge in [-0.3, -0.25) is 0 Å². The molecule has 1 heterocycles. The SMILES string of the molecule is c1ccc(-c2cccc(-c3cccc(N(c4ccc(-c5ccc(-c6ccc7oc8ccccc8c7c6)cc5)cc4)c4cccc(-c5cccc(-c6ccccc6)c5)c4)c3)c2)cc1. The monoisotopic (exact) mass is 791 g/mol. The molecule has 0 saturated carbocycles. The van der Waals surface area contributed by atoms with Gasteiger partial charge in [0.1, 0.15) is 11.2 Å². The Bertz CT molecular complexity index is 3200. The van der Waals surface area contributed by atoms with E-state index in [1.54, 1.807) is 0 Å². The second kappa shape index (κ2) is 16.1. The van der Waals surface area contributed by atoms with Crippen molar-refractivity contribution in [2.75, 3.05) is 4.90 Å². The highest BCUT2D eigenvalue weighted by Gasteiger charge is 2.16. The minimum atomic E-state index is 0.911. The Morgan fingerprint density at radius 2 is 0.565 bits per heavy atom. The highest BCUT2D eigenvalue weighted by molar-refractivity contribution is 6.06. The first kappa shape index (κ1) is 36.8. The zero-order valence-corrected chi connectivity index (χ0v) is 34.0. The van der Waals surface area contributed by atoms with Gasteiger partial charge < -0.3 is 9.32 Å². The summed E-state index contributed by atoms with van der Waals surface area (Å²) in [5.74, 6) is 0. The van der Waals surface area contributed by atoms with Crippen LogP contribution in [0.5, 0.6) is 0 Å². The average Bonchev–Trinajstić information content (AvgIpc) is 3.73. The van der Waals surface area contributed by atoms with Gasteiger partial charge in [0.2, 0.25) is 0 Å². The van der Waals surface area contributed by atoms with Crippen molar-refractivity contribution >= 4 is 39.0 Å². The molecule has 292 valence electrons. The molecule has 10 aromatic carbocycles. The number of benzene rings is 10. The first-order chi connectivity index (χ1) is 30.7. The van der Waals surface area contributed by atoms with Crippen molar-refractivity contribution in [1.82, 2.24) is 0 Å². The van der Waals surface area contributed by atoms with Crippen LogP contribution in [0.4, 0.5) is 17.1 Å². The zero-order valence-electron chi connectivity index (χ0n) is 34.0. The average molecular weight is 792 g/mol. The maximum Gasteiger partial charge on any atom is 0.135 e. The molecule has 0 unspecified atom stereocenters. The molecule has 1 aromatic heterocycles. The Balaban J connectivity index is 0.951. The van der Waals surface area contributed by atoms with E-state index < -0.39 is 0 Å². The Morgan fingerprint density at radius 1 is 0.210 bits per heavy atom. The number of rotatable bonds is 9. The molecule has 0 aliphatic heterocycles. The van der Waals surface area contributed by atoms with Gasteiger partial charge in [-0.1, -0.05) is 182 Å². The van der Waals surface area contributed by atoms with Gasteiger partial charge in [-0.2, -0.15) is 0 Å². The van der Waals surface area contributed by atoms with Crippen LogP contribution in [0, 0.1) is 0 Å². The van der Waals surface area contributed by atoms with E-state index in [1.165, 1.54) is 50.1 Å². The summed E-state index contributed by atoms with van der Waals surface area (Å²) in [6, 6.07) is 89.2. The van der Waals surface area contributed by atoms with Crippen LogP contribution in [0.3, 0.4) is 0 Å². The van der Waals surface area contributed by atoms with Crippen LogP contribution in [-0.2, 0) is 0 Å². The van der Waals surface area contributed by atoms with Crippen LogP contribution >= 0.6 is 0 Å². The topological polar surface area (TPSA) is 16.4 Å². The Kier molecular flexibility index (Phi) is 9.57.